The van der Waals surface area contributed by atoms with Crippen molar-refractivity contribution in [1.29, 1.82) is 0 Å². The first-order valence-electron chi connectivity index (χ1n) is 4.53. The highest BCUT2D eigenvalue weighted by molar-refractivity contribution is 5.74. The van der Waals surface area contributed by atoms with Gasteiger partial charge < -0.3 is 5.11 Å². The first-order chi connectivity index (χ1) is 7.95. The van der Waals surface area contributed by atoms with Crippen LogP contribution in [0.5, 0.6) is 0 Å². The van der Waals surface area contributed by atoms with E-state index >= 15 is 0 Å². The van der Waals surface area contributed by atoms with Gasteiger partial charge in [0.2, 0.25) is 0 Å². The molecule has 1 aromatic carbocycles. The van der Waals surface area contributed by atoms with Gasteiger partial charge in [-0.25, -0.2) is 5.01 Å². The third kappa shape index (κ3) is 2.97. The first kappa shape index (κ1) is 12.6. The first-order valence-corrected chi connectivity index (χ1v) is 4.53. The highest BCUT2D eigenvalue weighted by atomic mass is 16.6. The van der Waals surface area contributed by atoms with Crippen molar-refractivity contribution < 1.29 is 14.8 Å². The van der Waals surface area contributed by atoms with E-state index in [1.54, 1.807) is 0 Å². The average Bonchev–Trinajstić information content (AvgIpc) is 2.26. The van der Waals surface area contributed by atoms with Gasteiger partial charge in [0.15, 0.2) is 0 Å². The van der Waals surface area contributed by atoms with Crippen molar-refractivity contribution in [1.82, 2.24) is 0 Å². The molecule has 17 heavy (non-hydrogen) atoms. The Labute approximate surface area is 95.6 Å². The molecule has 0 spiro atoms. The summed E-state index contributed by atoms with van der Waals surface area (Å²) in [7, 11) is 0. The van der Waals surface area contributed by atoms with E-state index in [4.69, 9.17) is 5.11 Å². The number of aliphatic carboxylic acids is 1. The summed E-state index contributed by atoms with van der Waals surface area (Å²) in [6, 6.07) is 3.93. The van der Waals surface area contributed by atoms with Gasteiger partial charge in [0.25, 0.3) is 5.69 Å². The third-order valence-electron chi connectivity index (χ3n) is 2.07. The maximum atomic E-state index is 10.7. The van der Waals surface area contributed by atoms with Gasteiger partial charge >= 0.3 is 5.97 Å². The molecule has 0 bridgehead atoms. The highest BCUT2D eigenvalue weighted by Crippen LogP contribution is 2.25. The Hall–Kier alpha value is -2.51. The van der Waals surface area contributed by atoms with Crippen LogP contribution in [-0.2, 0) is 4.79 Å². The SMILES string of the molecule is Cc1ccc(N(CC(=O)O)N=O)cc1[N+](=O)[O-]. The second kappa shape index (κ2) is 5.01. The molecule has 1 aromatic rings. The molecule has 0 unspecified atom stereocenters. The zero-order valence-electron chi connectivity index (χ0n) is 8.86. The van der Waals surface area contributed by atoms with Crippen LogP contribution in [-0.4, -0.2) is 22.5 Å². The second-order valence-electron chi connectivity index (χ2n) is 3.26. The van der Waals surface area contributed by atoms with E-state index in [0.29, 0.717) is 10.6 Å². The van der Waals surface area contributed by atoms with Crippen LogP contribution < -0.4 is 5.01 Å². The number of rotatable bonds is 5. The fourth-order valence-corrected chi connectivity index (χ4v) is 1.25. The molecular formula is C9H9N3O5. The van der Waals surface area contributed by atoms with Crippen molar-refractivity contribution in [2.45, 2.75) is 6.92 Å². The maximum Gasteiger partial charge on any atom is 0.325 e. The minimum Gasteiger partial charge on any atom is -0.480 e. The Morgan fingerprint density at radius 1 is 1.59 bits per heavy atom. The number of hydrogen-bond acceptors (Lipinski definition) is 5. The summed E-state index contributed by atoms with van der Waals surface area (Å²) in [6.45, 7) is 0.890. The van der Waals surface area contributed by atoms with Crippen LogP contribution in [0.15, 0.2) is 23.5 Å². The number of nitro groups is 1. The molecule has 0 saturated heterocycles. The van der Waals surface area contributed by atoms with Crippen LogP contribution in [0, 0.1) is 21.9 Å². The molecule has 0 atom stereocenters. The predicted molar refractivity (Wildman–Crippen MR) is 58.6 cm³/mol. The van der Waals surface area contributed by atoms with Crippen LogP contribution in [0.25, 0.3) is 0 Å². The number of carboxylic acids is 1. The third-order valence-corrected chi connectivity index (χ3v) is 2.07. The minimum atomic E-state index is -1.26. The number of hydrogen-bond donors (Lipinski definition) is 1. The molecule has 0 aliphatic rings. The number of benzene rings is 1. The van der Waals surface area contributed by atoms with Crippen molar-refractivity contribution >= 4 is 17.3 Å². The fraction of sp³-hybridized carbons (Fsp3) is 0.222. The molecular weight excluding hydrogens is 230 g/mol. The summed E-state index contributed by atoms with van der Waals surface area (Å²) in [4.78, 5) is 31.0. The van der Waals surface area contributed by atoms with E-state index in [-0.39, 0.29) is 11.4 Å². The quantitative estimate of drug-likeness (QED) is 0.473. The summed E-state index contributed by atoms with van der Waals surface area (Å²) in [6.07, 6.45) is 0. The zero-order valence-corrected chi connectivity index (χ0v) is 8.86. The molecule has 8 heteroatoms. The molecule has 0 amide bonds. The standard InChI is InChI=1S/C9H9N3O5/c1-6-2-3-7(4-8(6)12(16)17)11(10-15)5-9(13)14/h2-4H,5H2,1H3,(H,13,14). The molecule has 0 radical (unpaired) electrons. The lowest BCUT2D eigenvalue weighted by Crippen LogP contribution is -2.23. The van der Waals surface area contributed by atoms with E-state index in [9.17, 15) is 19.8 Å². The summed E-state index contributed by atoms with van der Waals surface area (Å²) in [5.74, 6) is -1.26. The Morgan fingerprint density at radius 2 is 2.24 bits per heavy atom. The fourth-order valence-electron chi connectivity index (χ4n) is 1.25. The number of carboxylic acid groups (broad SMARTS) is 1. The zero-order chi connectivity index (χ0) is 13.0. The lowest BCUT2D eigenvalue weighted by molar-refractivity contribution is -0.385. The topological polar surface area (TPSA) is 113 Å². The number of nitroso groups, excluding NO2 is 1. The Bertz CT molecular complexity index is 474. The normalized spacial score (nSPS) is 9.71. The Kier molecular flexibility index (Phi) is 3.70. The number of aryl methyl sites for hydroxylation is 1. The molecule has 0 aliphatic heterocycles. The molecule has 8 nitrogen and oxygen atoms in total. The van der Waals surface area contributed by atoms with E-state index in [0.717, 1.165) is 6.07 Å². The van der Waals surface area contributed by atoms with Crippen molar-refractivity contribution in [2.24, 2.45) is 5.29 Å². The number of nitrogens with zero attached hydrogens (tertiary/aromatic N) is 3. The van der Waals surface area contributed by atoms with Gasteiger partial charge in [-0.2, -0.15) is 0 Å². The molecule has 0 aliphatic carbocycles. The second-order valence-corrected chi connectivity index (χ2v) is 3.26. The van der Waals surface area contributed by atoms with Crippen LogP contribution in [0.1, 0.15) is 5.56 Å². The minimum absolute atomic E-state index is 0.0692. The molecule has 0 fully saturated rings. The smallest absolute Gasteiger partial charge is 0.325 e. The van der Waals surface area contributed by atoms with Gasteiger partial charge in [-0.15, -0.1) is 4.91 Å². The maximum absolute atomic E-state index is 10.7. The van der Waals surface area contributed by atoms with Crippen molar-refractivity contribution in [3.8, 4) is 0 Å². The number of anilines is 1. The van der Waals surface area contributed by atoms with Gasteiger partial charge in [-0.1, -0.05) is 6.07 Å². The van der Waals surface area contributed by atoms with E-state index in [1.807, 2.05) is 0 Å². The van der Waals surface area contributed by atoms with E-state index in [2.05, 4.69) is 5.29 Å². The van der Waals surface area contributed by atoms with Crippen LogP contribution in [0.2, 0.25) is 0 Å². The lowest BCUT2D eigenvalue weighted by Gasteiger charge is -2.12. The summed E-state index contributed by atoms with van der Waals surface area (Å²) < 4.78 is 0. The Balaban J connectivity index is 3.13. The van der Waals surface area contributed by atoms with Crippen LogP contribution >= 0.6 is 0 Å². The summed E-state index contributed by atoms with van der Waals surface area (Å²) in [5, 5.41) is 22.3. The predicted octanol–water partition coefficient (Wildman–Crippen LogP) is 1.48. The molecule has 0 saturated carbocycles. The van der Waals surface area contributed by atoms with Crippen molar-refractivity contribution in [3.05, 3.63) is 38.8 Å². The van der Waals surface area contributed by atoms with Gasteiger partial charge in [0.1, 0.15) is 6.54 Å². The summed E-state index contributed by atoms with van der Waals surface area (Å²) >= 11 is 0. The van der Waals surface area contributed by atoms with E-state index in [1.165, 1.54) is 19.1 Å². The molecule has 90 valence electrons. The Morgan fingerprint density at radius 3 is 2.71 bits per heavy atom. The van der Waals surface area contributed by atoms with Gasteiger partial charge in [-0.05, 0) is 13.0 Å². The van der Waals surface area contributed by atoms with Crippen LogP contribution in [0.4, 0.5) is 11.4 Å². The molecule has 0 aromatic heterocycles. The molecule has 1 N–H and O–H groups in total. The average molecular weight is 239 g/mol. The van der Waals surface area contributed by atoms with E-state index < -0.39 is 17.4 Å². The largest absolute Gasteiger partial charge is 0.480 e. The van der Waals surface area contributed by atoms with Crippen molar-refractivity contribution in [2.75, 3.05) is 11.6 Å². The van der Waals surface area contributed by atoms with Gasteiger partial charge in [0, 0.05) is 11.6 Å². The van der Waals surface area contributed by atoms with Crippen molar-refractivity contribution in [3.63, 3.8) is 0 Å². The highest BCUT2D eigenvalue weighted by Gasteiger charge is 2.16. The monoisotopic (exact) mass is 239 g/mol. The molecule has 1 rings (SSSR count). The number of nitro benzene ring substituents is 1. The van der Waals surface area contributed by atoms with Gasteiger partial charge in [-0.3, -0.25) is 14.9 Å². The lowest BCUT2D eigenvalue weighted by atomic mass is 10.2. The van der Waals surface area contributed by atoms with Crippen LogP contribution in [0.3, 0.4) is 0 Å². The molecule has 0 heterocycles. The van der Waals surface area contributed by atoms with Gasteiger partial charge in [0.05, 0.1) is 15.9 Å². The summed E-state index contributed by atoms with van der Waals surface area (Å²) in [5.41, 5.74) is 0.293. The number of carbonyl (C=O) groups is 1.